The summed E-state index contributed by atoms with van der Waals surface area (Å²) >= 11 is 7.14. The summed E-state index contributed by atoms with van der Waals surface area (Å²) in [5.41, 5.74) is 8.04. The molecule has 2 aliphatic rings. The van der Waals surface area contributed by atoms with Crippen LogP contribution in [-0.2, 0) is 9.59 Å². The third-order valence-corrected chi connectivity index (χ3v) is 7.69. The number of anilines is 2. The molecule has 0 fully saturated rings. The smallest absolute Gasteiger partial charge is 0.256 e. The molecule has 0 spiro atoms. The maximum Gasteiger partial charge on any atom is 0.256 e. The Kier molecular flexibility index (Phi) is 4.87. The Morgan fingerprint density at radius 2 is 1.58 bits per heavy atom. The van der Waals surface area contributed by atoms with Gasteiger partial charge in [0.15, 0.2) is 0 Å². The molecule has 2 aliphatic heterocycles. The van der Waals surface area contributed by atoms with Crippen LogP contribution in [0.15, 0.2) is 57.5 Å². The fourth-order valence-corrected chi connectivity index (χ4v) is 5.09. The van der Waals surface area contributed by atoms with E-state index < -0.39 is 0 Å². The van der Waals surface area contributed by atoms with Crippen molar-refractivity contribution in [3.63, 3.8) is 0 Å². The van der Waals surface area contributed by atoms with Gasteiger partial charge in [0.1, 0.15) is 0 Å². The monoisotopic (exact) mass is 536 g/mol. The molecule has 0 radical (unpaired) electrons. The van der Waals surface area contributed by atoms with E-state index in [2.05, 4.69) is 42.5 Å². The molecule has 0 aromatic heterocycles. The molecule has 3 aromatic rings. The van der Waals surface area contributed by atoms with E-state index in [0.29, 0.717) is 5.57 Å². The number of hydrogen-bond acceptors (Lipinski definition) is 2. The van der Waals surface area contributed by atoms with Crippen molar-refractivity contribution in [2.75, 3.05) is 10.6 Å². The minimum absolute atomic E-state index is 0.0373. The number of nitrogens with one attached hydrogen (secondary N) is 2. The van der Waals surface area contributed by atoms with E-state index in [1.807, 2.05) is 68.5 Å². The maximum atomic E-state index is 12.8. The first-order valence-corrected chi connectivity index (χ1v) is 11.5. The van der Waals surface area contributed by atoms with Gasteiger partial charge in [0, 0.05) is 31.5 Å². The summed E-state index contributed by atoms with van der Waals surface area (Å²) < 4.78 is 1.94. The molecule has 0 saturated carbocycles. The molecular formula is C25H18Br2N2O2. The van der Waals surface area contributed by atoms with Gasteiger partial charge in [-0.1, -0.05) is 56.1 Å². The van der Waals surface area contributed by atoms with E-state index in [0.717, 1.165) is 53.7 Å². The van der Waals surface area contributed by atoms with Crippen LogP contribution in [0.25, 0.3) is 11.6 Å². The second-order valence-electron chi connectivity index (χ2n) is 7.83. The van der Waals surface area contributed by atoms with Crippen molar-refractivity contribution in [2.45, 2.75) is 19.8 Å². The average molecular weight is 538 g/mol. The van der Waals surface area contributed by atoms with Gasteiger partial charge < -0.3 is 10.6 Å². The van der Waals surface area contributed by atoms with Crippen LogP contribution in [0.5, 0.6) is 0 Å². The van der Waals surface area contributed by atoms with Crippen LogP contribution in [0, 0.1) is 13.8 Å². The van der Waals surface area contributed by atoms with Crippen LogP contribution in [0.2, 0.25) is 0 Å². The zero-order valence-corrected chi connectivity index (χ0v) is 20.0. The highest BCUT2D eigenvalue weighted by atomic mass is 79.9. The highest BCUT2D eigenvalue weighted by Crippen LogP contribution is 2.42. The normalized spacial score (nSPS) is 18.1. The van der Waals surface area contributed by atoms with E-state index in [1.54, 1.807) is 0 Å². The minimum Gasteiger partial charge on any atom is -0.325 e. The summed E-state index contributed by atoms with van der Waals surface area (Å²) in [6, 6.07) is 15.6. The highest BCUT2D eigenvalue weighted by molar-refractivity contribution is 9.10. The Morgan fingerprint density at radius 1 is 0.871 bits per heavy atom. The van der Waals surface area contributed by atoms with Gasteiger partial charge in [-0.3, -0.25) is 9.59 Å². The van der Waals surface area contributed by atoms with Gasteiger partial charge in [0.2, 0.25) is 5.91 Å². The van der Waals surface area contributed by atoms with Gasteiger partial charge in [-0.25, -0.2) is 0 Å². The number of benzene rings is 3. The quantitative estimate of drug-likeness (QED) is 0.371. The van der Waals surface area contributed by atoms with Crippen molar-refractivity contribution < 1.29 is 9.59 Å². The van der Waals surface area contributed by atoms with Crippen LogP contribution in [0.1, 0.15) is 39.3 Å². The van der Waals surface area contributed by atoms with Crippen LogP contribution in [0.4, 0.5) is 11.4 Å². The summed E-state index contributed by atoms with van der Waals surface area (Å²) in [5.74, 6) is -0.540. The Labute approximate surface area is 197 Å². The Bertz CT molecular complexity index is 1330. The lowest BCUT2D eigenvalue weighted by Crippen LogP contribution is -2.13. The Balaban J connectivity index is 1.60. The number of carbonyl (C=O) groups is 2. The summed E-state index contributed by atoms with van der Waals surface area (Å²) in [7, 11) is 0. The molecule has 2 N–H and O–H groups in total. The van der Waals surface area contributed by atoms with Crippen molar-refractivity contribution in [1.82, 2.24) is 0 Å². The zero-order valence-electron chi connectivity index (χ0n) is 16.8. The van der Waals surface area contributed by atoms with E-state index in [-0.39, 0.29) is 17.7 Å². The van der Waals surface area contributed by atoms with Gasteiger partial charge in [0.05, 0.1) is 5.92 Å². The lowest BCUT2D eigenvalue weighted by molar-refractivity contribution is -0.116. The van der Waals surface area contributed by atoms with Crippen molar-refractivity contribution >= 4 is 66.7 Å². The fourth-order valence-electron chi connectivity index (χ4n) is 4.41. The fraction of sp³-hybridized carbons (Fsp3) is 0.120. The predicted molar refractivity (Wildman–Crippen MR) is 131 cm³/mol. The Hall–Kier alpha value is -2.70. The number of amides is 2. The zero-order chi connectivity index (χ0) is 21.9. The number of carbonyl (C=O) groups excluding carboxylic acids is 2. The van der Waals surface area contributed by atoms with Crippen LogP contribution < -0.4 is 10.6 Å². The van der Waals surface area contributed by atoms with Crippen molar-refractivity contribution in [2.24, 2.45) is 0 Å². The molecule has 0 saturated heterocycles. The van der Waals surface area contributed by atoms with Crippen LogP contribution >= 0.6 is 31.9 Å². The van der Waals surface area contributed by atoms with Gasteiger partial charge in [-0.15, -0.1) is 0 Å². The van der Waals surface area contributed by atoms with Gasteiger partial charge in [0.25, 0.3) is 5.91 Å². The summed E-state index contributed by atoms with van der Waals surface area (Å²) in [4.78, 5) is 25.5. The molecule has 3 aromatic carbocycles. The summed E-state index contributed by atoms with van der Waals surface area (Å²) in [6.07, 6.45) is 1.89. The van der Waals surface area contributed by atoms with Crippen LogP contribution in [-0.4, -0.2) is 11.8 Å². The first kappa shape index (κ1) is 20.2. The van der Waals surface area contributed by atoms with Gasteiger partial charge in [-0.05, 0) is 72.0 Å². The molecule has 0 bridgehead atoms. The van der Waals surface area contributed by atoms with Crippen molar-refractivity contribution in [3.8, 4) is 0 Å². The molecule has 2 amide bonds. The van der Waals surface area contributed by atoms with Crippen LogP contribution in [0.3, 0.4) is 0 Å². The molecule has 154 valence electrons. The number of rotatable bonds is 2. The minimum atomic E-state index is -0.383. The third-order valence-electron chi connectivity index (χ3n) is 5.97. The number of fused-ring (bicyclic) bond motifs is 2. The topological polar surface area (TPSA) is 58.2 Å². The summed E-state index contributed by atoms with van der Waals surface area (Å²) in [5, 5.41) is 5.94. The van der Waals surface area contributed by atoms with E-state index in [9.17, 15) is 9.59 Å². The number of hydrogen-bond donors (Lipinski definition) is 2. The third kappa shape index (κ3) is 3.25. The average Bonchev–Trinajstić information content (AvgIpc) is 3.25. The maximum absolute atomic E-state index is 12.8. The molecule has 0 aliphatic carbocycles. The molecule has 1 atom stereocenters. The van der Waals surface area contributed by atoms with E-state index in [4.69, 9.17) is 0 Å². The van der Waals surface area contributed by atoms with Crippen molar-refractivity contribution in [3.05, 3.63) is 90.9 Å². The predicted octanol–water partition coefficient (Wildman–Crippen LogP) is 6.41. The SMILES string of the molecule is Cc1c(Br)ccc2c1/C(=C/c1cccc(C3C(=O)Nc4ccc(Br)c(C)c43)c1)C(=O)N2. The Morgan fingerprint density at radius 3 is 2.35 bits per heavy atom. The lowest BCUT2D eigenvalue weighted by Gasteiger charge is -2.14. The molecular weight excluding hydrogens is 520 g/mol. The number of halogens is 2. The van der Waals surface area contributed by atoms with Crippen molar-refractivity contribution in [1.29, 1.82) is 0 Å². The van der Waals surface area contributed by atoms with Gasteiger partial charge >= 0.3 is 0 Å². The van der Waals surface area contributed by atoms with E-state index in [1.165, 1.54) is 0 Å². The largest absolute Gasteiger partial charge is 0.325 e. The second-order valence-corrected chi connectivity index (χ2v) is 9.54. The molecule has 6 heteroatoms. The molecule has 31 heavy (non-hydrogen) atoms. The molecule has 2 heterocycles. The lowest BCUT2D eigenvalue weighted by atomic mass is 9.88. The molecule has 4 nitrogen and oxygen atoms in total. The van der Waals surface area contributed by atoms with Gasteiger partial charge in [-0.2, -0.15) is 0 Å². The molecule has 1 unspecified atom stereocenters. The summed E-state index contributed by atoms with van der Waals surface area (Å²) in [6.45, 7) is 4.01. The molecule has 5 rings (SSSR count). The first-order chi connectivity index (χ1) is 14.8. The standard InChI is InChI=1S/C25H18Br2N2O2/c1-12-17(26)6-8-19-21(12)16(24(30)28-19)11-14-4-3-5-15(10-14)23-22-13(2)18(27)7-9-20(22)29-25(23)31/h3-11,23H,1-2H3,(H,28,30)(H,29,31)/b16-11-. The second kappa shape index (κ2) is 7.46. The highest BCUT2D eigenvalue weighted by Gasteiger charge is 2.34. The first-order valence-electron chi connectivity index (χ1n) is 9.87. The van der Waals surface area contributed by atoms with E-state index >= 15 is 0 Å².